The number of fused-ring (bicyclic) bond motifs is 3. The van der Waals surface area contributed by atoms with Gasteiger partial charge in [-0.1, -0.05) is 0 Å². The smallest absolute Gasteiger partial charge is 0.415 e. The van der Waals surface area contributed by atoms with E-state index in [0.717, 1.165) is 6.20 Å². The van der Waals surface area contributed by atoms with Crippen molar-refractivity contribution in [2.24, 2.45) is 0 Å². The van der Waals surface area contributed by atoms with Gasteiger partial charge in [0.2, 0.25) is 11.8 Å². The first-order valence-electron chi connectivity index (χ1n) is 10.2. The Kier molecular flexibility index (Phi) is 4.88. The number of hydrogen-bond acceptors (Lipinski definition) is 9. The highest BCUT2D eigenvalue weighted by Gasteiger charge is 2.51. The summed E-state index contributed by atoms with van der Waals surface area (Å²) < 4.78 is 30.8. The molecule has 10 nitrogen and oxygen atoms in total. The first-order chi connectivity index (χ1) is 15.8. The Bertz CT molecular complexity index is 1220. The van der Waals surface area contributed by atoms with Crippen LogP contribution in [0.15, 0.2) is 42.7 Å². The summed E-state index contributed by atoms with van der Waals surface area (Å²) in [5.41, 5.74) is 0.989. The molecule has 170 valence electrons. The van der Waals surface area contributed by atoms with E-state index in [2.05, 4.69) is 25.6 Å². The second-order valence-corrected chi connectivity index (χ2v) is 8.08. The summed E-state index contributed by atoms with van der Waals surface area (Å²) in [6.07, 6.45) is 2.17. The van der Waals surface area contributed by atoms with Gasteiger partial charge in [-0.25, -0.2) is 19.2 Å². The number of nitrogens with one attached hydrogen (secondary N) is 2. The van der Waals surface area contributed by atoms with Crippen LogP contribution in [0.1, 0.15) is 13.8 Å². The molecule has 1 aromatic carbocycles. The van der Waals surface area contributed by atoms with Gasteiger partial charge >= 0.3 is 6.09 Å². The van der Waals surface area contributed by atoms with Crippen molar-refractivity contribution in [3.63, 3.8) is 0 Å². The largest absolute Gasteiger partial charge is 0.489 e. The number of methoxy groups -OCH3 is 1. The summed E-state index contributed by atoms with van der Waals surface area (Å²) in [7, 11) is 1.52. The van der Waals surface area contributed by atoms with Gasteiger partial charge in [-0.05, 0) is 38.1 Å². The van der Waals surface area contributed by atoms with Gasteiger partial charge in [-0.2, -0.15) is 4.98 Å². The average molecular weight is 452 g/mol. The lowest BCUT2D eigenvalue weighted by Gasteiger charge is -2.34. The van der Waals surface area contributed by atoms with Crippen molar-refractivity contribution >= 4 is 34.9 Å². The zero-order chi connectivity index (χ0) is 23.2. The summed E-state index contributed by atoms with van der Waals surface area (Å²) in [4.78, 5) is 26.4. The summed E-state index contributed by atoms with van der Waals surface area (Å²) in [6, 6.07) is 8.28. The zero-order valence-electron chi connectivity index (χ0n) is 18.1. The molecule has 11 heteroatoms. The van der Waals surface area contributed by atoms with E-state index in [1.165, 1.54) is 7.11 Å². The Morgan fingerprint density at radius 2 is 1.97 bits per heavy atom. The molecule has 2 aromatic heterocycles. The lowest BCUT2D eigenvalue weighted by molar-refractivity contribution is 0.0565. The molecule has 1 saturated heterocycles. The van der Waals surface area contributed by atoms with E-state index in [-0.39, 0.29) is 17.8 Å². The number of benzene rings is 1. The van der Waals surface area contributed by atoms with Crippen LogP contribution in [0.25, 0.3) is 0 Å². The van der Waals surface area contributed by atoms with E-state index in [0.29, 0.717) is 35.3 Å². The summed E-state index contributed by atoms with van der Waals surface area (Å²) >= 11 is 0. The number of pyridine rings is 1. The lowest BCUT2D eigenvalue weighted by Crippen LogP contribution is -2.48. The molecule has 4 heterocycles. The highest BCUT2D eigenvalue weighted by Crippen LogP contribution is 2.43. The monoisotopic (exact) mass is 452 g/mol. The number of ether oxygens (including phenoxy) is 3. The second-order valence-electron chi connectivity index (χ2n) is 8.08. The predicted molar refractivity (Wildman–Crippen MR) is 118 cm³/mol. The quantitative estimate of drug-likeness (QED) is 0.593. The molecule has 2 N–H and O–H groups in total. The fraction of sp³-hybridized carbons (Fsp3) is 0.273. The Hall–Kier alpha value is -4.15. The van der Waals surface area contributed by atoms with E-state index in [1.807, 2.05) is 13.8 Å². The highest BCUT2D eigenvalue weighted by molar-refractivity contribution is 5.94. The summed E-state index contributed by atoms with van der Waals surface area (Å²) in [5.74, 6) is 0.515. The van der Waals surface area contributed by atoms with Crippen LogP contribution in [0.4, 0.5) is 38.0 Å². The molecule has 1 amide bonds. The number of rotatable bonds is 5. The van der Waals surface area contributed by atoms with E-state index in [9.17, 15) is 9.18 Å². The maximum absolute atomic E-state index is 14.5. The molecule has 1 fully saturated rings. The maximum atomic E-state index is 14.5. The van der Waals surface area contributed by atoms with Crippen molar-refractivity contribution in [3.8, 4) is 11.6 Å². The molecular weight excluding hydrogens is 431 g/mol. The number of carbonyl (C=O) groups excluding carboxylic acids is 1. The van der Waals surface area contributed by atoms with Gasteiger partial charge in [0.15, 0.2) is 11.6 Å². The van der Waals surface area contributed by atoms with Crippen LogP contribution >= 0.6 is 0 Å². The standard InChI is InChI=1S/C22H21FN6O4/c1-22(2)17-11-32-16-6-4-12(8-15(16)29(17)21(30)33-22)26-19-14(23)10-25-20(28-19)27-13-5-7-18(31-3)24-9-13/h4-10,17H,11H2,1-3H3,(H2,25,26,27,28). The van der Waals surface area contributed by atoms with Gasteiger partial charge in [0.1, 0.15) is 24.0 Å². The molecule has 5 rings (SSSR count). The van der Waals surface area contributed by atoms with Crippen LogP contribution in [0.5, 0.6) is 11.6 Å². The van der Waals surface area contributed by atoms with Crippen LogP contribution in [0, 0.1) is 5.82 Å². The minimum absolute atomic E-state index is 0.0356. The Labute approximate surface area is 188 Å². The zero-order valence-corrected chi connectivity index (χ0v) is 18.1. The van der Waals surface area contributed by atoms with Crippen molar-refractivity contribution in [2.75, 3.05) is 29.3 Å². The molecule has 3 aromatic rings. The fourth-order valence-electron chi connectivity index (χ4n) is 3.75. The molecule has 33 heavy (non-hydrogen) atoms. The third kappa shape index (κ3) is 3.81. The molecule has 0 aliphatic carbocycles. The molecule has 2 aliphatic heterocycles. The Morgan fingerprint density at radius 1 is 1.15 bits per heavy atom. The van der Waals surface area contributed by atoms with Gasteiger partial charge in [-0.15, -0.1) is 0 Å². The third-order valence-electron chi connectivity index (χ3n) is 5.48. The molecule has 0 bridgehead atoms. The Balaban J connectivity index is 1.40. The number of hydrogen-bond donors (Lipinski definition) is 2. The molecule has 2 aliphatic rings. The SMILES string of the molecule is COc1ccc(Nc2ncc(F)c(Nc3ccc4c(c3)N3C(=O)OC(C)(C)C3CO4)n2)cn1. The second kappa shape index (κ2) is 7.76. The van der Waals surface area contributed by atoms with Crippen molar-refractivity contribution in [3.05, 3.63) is 48.5 Å². The van der Waals surface area contributed by atoms with Gasteiger partial charge in [0.25, 0.3) is 0 Å². The fourth-order valence-corrected chi connectivity index (χ4v) is 3.75. The van der Waals surface area contributed by atoms with Crippen molar-refractivity contribution < 1.29 is 23.4 Å². The van der Waals surface area contributed by atoms with E-state index >= 15 is 0 Å². The van der Waals surface area contributed by atoms with E-state index < -0.39 is 17.5 Å². The third-order valence-corrected chi connectivity index (χ3v) is 5.48. The first kappa shape index (κ1) is 20.7. The minimum Gasteiger partial charge on any atom is -0.489 e. The van der Waals surface area contributed by atoms with Crippen molar-refractivity contribution in [1.29, 1.82) is 0 Å². The van der Waals surface area contributed by atoms with Crippen molar-refractivity contribution in [1.82, 2.24) is 15.0 Å². The number of halogens is 1. The number of amides is 1. The molecule has 1 unspecified atom stereocenters. The number of aromatic nitrogens is 3. The molecular formula is C22H21FN6O4. The summed E-state index contributed by atoms with van der Waals surface area (Å²) in [5, 5.41) is 5.91. The number of nitrogens with zero attached hydrogens (tertiary/aromatic N) is 4. The first-order valence-corrected chi connectivity index (χ1v) is 10.2. The highest BCUT2D eigenvalue weighted by atomic mass is 19.1. The molecule has 0 saturated carbocycles. The van der Waals surface area contributed by atoms with Crippen molar-refractivity contribution in [2.45, 2.75) is 25.5 Å². The van der Waals surface area contributed by atoms with E-state index in [4.69, 9.17) is 14.2 Å². The molecule has 1 atom stereocenters. The van der Waals surface area contributed by atoms with Crippen LogP contribution < -0.4 is 25.0 Å². The molecule has 0 radical (unpaired) electrons. The van der Waals surface area contributed by atoms with E-state index in [1.54, 1.807) is 41.4 Å². The van der Waals surface area contributed by atoms with Gasteiger partial charge in [0.05, 0.1) is 30.9 Å². The van der Waals surface area contributed by atoms with Gasteiger partial charge in [0, 0.05) is 11.8 Å². The summed E-state index contributed by atoms with van der Waals surface area (Å²) in [6.45, 7) is 4.01. The number of cyclic esters (lactones) is 1. The maximum Gasteiger partial charge on any atom is 0.415 e. The molecule has 0 spiro atoms. The van der Waals surface area contributed by atoms with Crippen LogP contribution in [0.2, 0.25) is 0 Å². The topological polar surface area (TPSA) is 111 Å². The predicted octanol–water partition coefficient (Wildman–Crippen LogP) is 4.00. The Morgan fingerprint density at radius 3 is 2.73 bits per heavy atom. The van der Waals surface area contributed by atoms with Crippen LogP contribution in [0.3, 0.4) is 0 Å². The number of anilines is 5. The normalized spacial score (nSPS) is 18.0. The van der Waals surface area contributed by atoms with Crippen LogP contribution in [-0.2, 0) is 4.74 Å². The average Bonchev–Trinajstić information content (AvgIpc) is 3.05. The minimum atomic E-state index is -0.687. The van der Waals surface area contributed by atoms with Gasteiger partial charge < -0.3 is 24.8 Å². The van der Waals surface area contributed by atoms with Crippen LogP contribution in [-0.4, -0.2) is 46.4 Å². The lowest BCUT2D eigenvalue weighted by atomic mass is 9.98. The number of carbonyl (C=O) groups is 1. The van der Waals surface area contributed by atoms with Gasteiger partial charge in [-0.3, -0.25) is 4.90 Å².